The summed E-state index contributed by atoms with van der Waals surface area (Å²) in [6.07, 6.45) is 0. The number of nitrogens with one attached hydrogen (secondary N) is 1. The molecule has 0 heterocycles. The highest BCUT2D eigenvalue weighted by Crippen LogP contribution is 2.23. The molecule has 1 N–H and O–H groups in total. The third-order valence-corrected chi connectivity index (χ3v) is 5.19. The lowest BCUT2D eigenvalue weighted by atomic mass is 10.1. The Morgan fingerprint density at radius 1 is 0.889 bits per heavy atom. The molecule has 0 atom stereocenters. The van der Waals surface area contributed by atoms with Gasteiger partial charge < -0.3 is 9.50 Å². The molecule has 3 aromatic rings. The summed E-state index contributed by atoms with van der Waals surface area (Å²) in [5.74, 6) is -0.419. The van der Waals surface area contributed by atoms with E-state index < -0.39 is 16.0 Å². The molecule has 3 aromatic carbocycles. The molecule has 6 heteroatoms. The van der Waals surface area contributed by atoms with Crippen molar-refractivity contribution in [2.75, 3.05) is 0 Å². The summed E-state index contributed by atoms with van der Waals surface area (Å²) in [6, 6.07) is 22.0. The number of aryl methyl sites for hydroxylation is 1. The number of benzene rings is 3. The molecule has 0 unspecified atom stereocenters. The zero-order chi connectivity index (χ0) is 19.3. The molecule has 0 saturated heterocycles. The predicted octanol–water partition coefficient (Wildman–Crippen LogP) is 3.69. The molecule has 0 fully saturated rings. The Balaban J connectivity index is 1.79. The number of carbonyl (C=O) groups excluding carboxylic acids is 1. The van der Waals surface area contributed by atoms with Gasteiger partial charge in [-0.25, -0.2) is 0 Å². The minimum absolute atomic E-state index is 0.0105. The second-order valence-electron chi connectivity index (χ2n) is 6.01. The minimum atomic E-state index is -4.03. The Morgan fingerprint density at radius 3 is 2.22 bits per heavy atom. The van der Waals surface area contributed by atoms with Crippen LogP contribution in [0.4, 0.5) is 0 Å². The fraction of sp³-hybridized carbons (Fsp3) is 0.0952. The maximum atomic E-state index is 12.5. The van der Waals surface area contributed by atoms with Crippen LogP contribution in [0, 0.1) is 6.92 Å². The molecule has 5 nitrogen and oxygen atoms in total. The first-order valence-corrected chi connectivity index (χ1v) is 9.79. The van der Waals surface area contributed by atoms with Crippen LogP contribution < -0.4 is 9.50 Å². The SMILES string of the molecule is Cc1ccc(S(=O)(=O)Oc2ccccc2C(=O)NCc2ccccc2)cc1. The van der Waals surface area contributed by atoms with Crippen molar-refractivity contribution in [2.24, 2.45) is 0 Å². The number of hydrogen-bond acceptors (Lipinski definition) is 4. The van der Waals surface area contributed by atoms with E-state index in [9.17, 15) is 13.2 Å². The summed E-state index contributed by atoms with van der Waals surface area (Å²) in [5.41, 5.74) is 2.04. The zero-order valence-corrected chi connectivity index (χ0v) is 15.6. The van der Waals surface area contributed by atoms with Gasteiger partial charge in [-0.1, -0.05) is 60.2 Å². The largest absolute Gasteiger partial charge is 0.378 e. The average Bonchev–Trinajstić information content (AvgIpc) is 2.67. The molecule has 0 aromatic heterocycles. The zero-order valence-electron chi connectivity index (χ0n) is 14.8. The van der Waals surface area contributed by atoms with E-state index in [1.54, 1.807) is 24.3 Å². The minimum Gasteiger partial charge on any atom is -0.378 e. The molecule has 0 aliphatic heterocycles. The van der Waals surface area contributed by atoms with Gasteiger partial charge in [0.1, 0.15) is 4.90 Å². The van der Waals surface area contributed by atoms with Gasteiger partial charge >= 0.3 is 10.1 Å². The van der Waals surface area contributed by atoms with Crippen LogP contribution in [0.25, 0.3) is 0 Å². The van der Waals surface area contributed by atoms with Gasteiger partial charge in [-0.3, -0.25) is 4.79 Å². The monoisotopic (exact) mass is 381 g/mol. The van der Waals surface area contributed by atoms with Gasteiger partial charge in [-0.05, 0) is 36.8 Å². The Morgan fingerprint density at radius 2 is 1.52 bits per heavy atom. The maximum absolute atomic E-state index is 12.5. The molecule has 1 amide bonds. The Bertz CT molecular complexity index is 1030. The number of amides is 1. The normalized spacial score (nSPS) is 11.0. The smallest absolute Gasteiger partial charge is 0.339 e. The summed E-state index contributed by atoms with van der Waals surface area (Å²) in [5, 5.41) is 2.77. The van der Waals surface area contributed by atoms with E-state index in [2.05, 4.69) is 5.32 Å². The number of rotatable bonds is 6. The first-order valence-electron chi connectivity index (χ1n) is 8.38. The van der Waals surface area contributed by atoms with Gasteiger partial charge in [0.05, 0.1) is 5.56 Å². The van der Waals surface area contributed by atoms with E-state index in [4.69, 9.17) is 4.18 Å². The lowest BCUT2D eigenvalue weighted by Crippen LogP contribution is -2.24. The second-order valence-corrected chi connectivity index (χ2v) is 7.56. The van der Waals surface area contributed by atoms with E-state index in [1.165, 1.54) is 24.3 Å². The quantitative estimate of drug-likeness (QED) is 0.661. The van der Waals surface area contributed by atoms with Gasteiger partial charge in [0.15, 0.2) is 5.75 Å². The average molecular weight is 381 g/mol. The predicted molar refractivity (Wildman–Crippen MR) is 103 cm³/mol. The summed E-state index contributed by atoms with van der Waals surface area (Å²) in [7, 11) is -4.03. The van der Waals surface area contributed by atoms with Crippen LogP contribution in [-0.4, -0.2) is 14.3 Å². The molecule has 0 aliphatic carbocycles. The van der Waals surface area contributed by atoms with Crippen LogP contribution in [0.15, 0.2) is 83.8 Å². The van der Waals surface area contributed by atoms with E-state index in [-0.39, 0.29) is 16.2 Å². The van der Waals surface area contributed by atoms with E-state index in [0.717, 1.165) is 11.1 Å². The van der Waals surface area contributed by atoms with Crippen LogP contribution in [0.3, 0.4) is 0 Å². The van der Waals surface area contributed by atoms with E-state index in [1.807, 2.05) is 37.3 Å². The third-order valence-electron chi connectivity index (χ3n) is 3.94. The number of carbonyl (C=O) groups is 1. The highest BCUT2D eigenvalue weighted by molar-refractivity contribution is 7.87. The molecule has 0 radical (unpaired) electrons. The van der Waals surface area contributed by atoms with Crippen molar-refractivity contribution in [3.63, 3.8) is 0 Å². The van der Waals surface area contributed by atoms with Crippen LogP contribution in [0.1, 0.15) is 21.5 Å². The highest BCUT2D eigenvalue weighted by Gasteiger charge is 2.20. The molecule has 0 saturated carbocycles. The summed E-state index contributed by atoms with van der Waals surface area (Å²) >= 11 is 0. The first kappa shape index (κ1) is 18.7. The van der Waals surface area contributed by atoms with Gasteiger partial charge in [0.2, 0.25) is 0 Å². The Labute approximate surface area is 158 Å². The van der Waals surface area contributed by atoms with Crippen molar-refractivity contribution < 1.29 is 17.4 Å². The first-order chi connectivity index (χ1) is 13.0. The van der Waals surface area contributed by atoms with Crippen molar-refractivity contribution in [3.8, 4) is 5.75 Å². The van der Waals surface area contributed by atoms with Gasteiger partial charge in [0.25, 0.3) is 5.91 Å². The molecular formula is C21H19NO4S. The summed E-state index contributed by atoms with van der Waals surface area (Å²) < 4.78 is 30.3. The summed E-state index contributed by atoms with van der Waals surface area (Å²) in [4.78, 5) is 12.6. The molecule has 138 valence electrons. The molecular weight excluding hydrogens is 362 g/mol. The van der Waals surface area contributed by atoms with E-state index in [0.29, 0.717) is 6.54 Å². The maximum Gasteiger partial charge on any atom is 0.339 e. The lowest BCUT2D eigenvalue weighted by Gasteiger charge is -2.12. The molecule has 3 rings (SSSR count). The molecule has 0 aliphatic rings. The topological polar surface area (TPSA) is 72.5 Å². The second kappa shape index (κ2) is 8.05. The van der Waals surface area contributed by atoms with Crippen molar-refractivity contribution in [1.29, 1.82) is 0 Å². The lowest BCUT2D eigenvalue weighted by molar-refractivity contribution is 0.0949. The molecule has 27 heavy (non-hydrogen) atoms. The Kier molecular flexibility index (Phi) is 5.57. The third kappa shape index (κ3) is 4.74. The van der Waals surface area contributed by atoms with Crippen molar-refractivity contribution in [1.82, 2.24) is 5.32 Å². The van der Waals surface area contributed by atoms with Crippen LogP contribution >= 0.6 is 0 Å². The number of para-hydroxylation sites is 1. The van der Waals surface area contributed by atoms with Crippen molar-refractivity contribution in [2.45, 2.75) is 18.4 Å². The fourth-order valence-corrected chi connectivity index (χ4v) is 3.42. The Hall–Kier alpha value is -3.12. The highest BCUT2D eigenvalue weighted by atomic mass is 32.2. The van der Waals surface area contributed by atoms with E-state index >= 15 is 0 Å². The van der Waals surface area contributed by atoms with Crippen LogP contribution in [0.2, 0.25) is 0 Å². The van der Waals surface area contributed by atoms with Gasteiger partial charge in [-0.2, -0.15) is 8.42 Å². The van der Waals surface area contributed by atoms with Crippen molar-refractivity contribution in [3.05, 3.63) is 95.6 Å². The van der Waals surface area contributed by atoms with Gasteiger partial charge in [0, 0.05) is 6.54 Å². The summed E-state index contributed by atoms with van der Waals surface area (Å²) in [6.45, 7) is 2.20. The van der Waals surface area contributed by atoms with Crippen LogP contribution in [0.5, 0.6) is 5.75 Å². The molecule has 0 bridgehead atoms. The van der Waals surface area contributed by atoms with Crippen molar-refractivity contribution >= 4 is 16.0 Å². The van der Waals surface area contributed by atoms with Crippen LogP contribution in [-0.2, 0) is 16.7 Å². The van der Waals surface area contributed by atoms with Gasteiger partial charge in [-0.15, -0.1) is 0 Å². The fourth-order valence-electron chi connectivity index (χ4n) is 2.47. The number of hydrogen-bond donors (Lipinski definition) is 1. The standard InChI is InChI=1S/C21H19NO4S/c1-16-11-13-18(14-12-16)27(24,25)26-20-10-6-5-9-19(20)21(23)22-15-17-7-3-2-4-8-17/h2-14H,15H2,1H3,(H,22,23). The molecule has 0 spiro atoms.